The molecule has 0 bridgehead atoms. The molecule has 26 heavy (non-hydrogen) atoms. The second-order valence-corrected chi connectivity index (χ2v) is 7.36. The predicted molar refractivity (Wildman–Crippen MR) is 106 cm³/mol. The Balaban J connectivity index is 1.51. The molecule has 0 amide bonds. The lowest BCUT2D eigenvalue weighted by Crippen LogP contribution is -2.45. The van der Waals surface area contributed by atoms with E-state index in [4.69, 9.17) is 0 Å². The Morgan fingerprint density at radius 3 is 2.38 bits per heavy atom. The Morgan fingerprint density at radius 1 is 0.846 bits per heavy atom. The van der Waals surface area contributed by atoms with E-state index < -0.39 is 0 Å². The second kappa shape index (κ2) is 7.86. The molecule has 2 aromatic rings. The van der Waals surface area contributed by atoms with Crippen LogP contribution in [0.5, 0.6) is 0 Å². The van der Waals surface area contributed by atoms with E-state index >= 15 is 0 Å². The van der Waals surface area contributed by atoms with E-state index in [9.17, 15) is 4.79 Å². The average molecular weight is 347 g/mol. The zero-order chi connectivity index (χ0) is 17.8. The maximum Gasteiger partial charge on any atom is 0.247 e. The van der Waals surface area contributed by atoms with Crippen LogP contribution in [0.1, 0.15) is 42.5 Å². The van der Waals surface area contributed by atoms with Crippen LogP contribution in [0.4, 0.5) is 0 Å². The van der Waals surface area contributed by atoms with Gasteiger partial charge in [-0.1, -0.05) is 54.6 Å². The van der Waals surface area contributed by atoms with Crippen LogP contribution in [0, 0.1) is 0 Å². The summed E-state index contributed by atoms with van der Waals surface area (Å²) in [5, 5.41) is 0. The lowest BCUT2D eigenvalue weighted by molar-refractivity contribution is -0.526. The van der Waals surface area contributed by atoms with Crippen LogP contribution in [-0.2, 0) is 0 Å². The lowest BCUT2D eigenvalue weighted by Gasteiger charge is -2.25. The molecule has 134 valence electrons. The Labute approximate surface area is 156 Å². The minimum Gasteiger partial charge on any atom is -0.290 e. The predicted octanol–water partition coefficient (Wildman–Crippen LogP) is 4.23. The first kappa shape index (κ1) is 17.0. The molecule has 4 rings (SSSR count). The highest BCUT2D eigenvalue weighted by molar-refractivity contribution is 5.97. The second-order valence-electron chi connectivity index (χ2n) is 7.36. The Kier molecular flexibility index (Phi) is 5.14. The van der Waals surface area contributed by atoms with E-state index in [2.05, 4.69) is 33.7 Å². The van der Waals surface area contributed by atoms with Gasteiger partial charge < -0.3 is 0 Å². The van der Waals surface area contributed by atoms with Crippen molar-refractivity contribution in [3.8, 4) is 11.1 Å². The highest BCUT2D eigenvalue weighted by Gasteiger charge is 2.29. The van der Waals surface area contributed by atoms with E-state index in [1.54, 1.807) is 0 Å². The van der Waals surface area contributed by atoms with E-state index in [1.807, 2.05) is 30.3 Å². The number of Topliss-reactive ketones (excluding diaryl/α,β-unsaturated/α-hetero) is 1. The minimum absolute atomic E-state index is 0.225. The standard InChI is InChI=1S/C23H27N2O/c26-22(18-25-17-7-16-24-15-6-2-5-10-23(24)25)21-13-11-20(12-14-21)19-8-3-1-4-9-19/h1,3-4,8-9,11-14H,2,5-7,10,15-18H2/q+1. The Morgan fingerprint density at radius 2 is 1.58 bits per heavy atom. The summed E-state index contributed by atoms with van der Waals surface area (Å²) in [4.78, 5) is 15.4. The highest BCUT2D eigenvalue weighted by Crippen LogP contribution is 2.20. The average Bonchev–Trinajstić information content (AvgIpc) is 2.95. The molecule has 0 atom stereocenters. The van der Waals surface area contributed by atoms with Crippen molar-refractivity contribution in [2.45, 2.75) is 32.1 Å². The summed E-state index contributed by atoms with van der Waals surface area (Å²) in [5.74, 6) is 1.63. The third kappa shape index (κ3) is 3.72. The first-order valence-electron chi connectivity index (χ1n) is 9.86. The van der Waals surface area contributed by atoms with Gasteiger partial charge in [-0.15, -0.1) is 0 Å². The van der Waals surface area contributed by atoms with Crippen LogP contribution < -0.4 is 0 Å². The largest absolute Gasteiger partial charge is 0.290 e. The van der Waals surface area contributed by atoms with Gasteiger partial charge in [-0.3, -0.25) is 14.3 Å². The van der Waals surface area contributed by atoms with Crippen molar-refractivity contribution in [3.05, 3.63) is 60.2 Å². The molecule has 0 N–H and O–H groups in total. The van der Waals surface area contributed by atoms with Crippen LogP contribution in [0.3, 0.4) is 0 Å². The van der Waals surface area contributed by atoms with Gasteiger partial charge in [0, 0.05) is 18.4 Å². The molecule has 3 heteroatoms. The molecule has 0 aliphatic carbocycles. The Bertz CT molecular complexity index is 793. The number of carbonyl (C=O) groups is 1. The van der Waals surface area contributed by atoms with Crippen molar-refractivity contribution in [3.63, 3.8) is 0 Å². The number of ketones is 1. The smallest absolute Gasteiger partial charge is 0.247 e. The molecule has 0 aromatic heterocycles. The van der Waals surface area contributed by atoms with Gasteiger partial charge in [-0.25, -0.2) is 0 Å². The zero-order valence-corrected chi connectivity index (χ0v) is 15.4. The summed E-state index contributed by atoms with van der Waals surface area (Å²) < 4.78 is 2.34. The molecule has 3 nitrogen and oxygen atoms in total. The quantitative estimate of drug-likeness (QED) is 0.610. The molecule has 0 unspecified atom stereocenters. The summed E-state index contributed by atoms with van der Waals surface area (Å²) >= 11 is 0. The van der Waals surface area contributed by atoms with E-state index in [1.165, 1.54) is 30.7 Å². The third-order valence-electron chi connectivity index (χ3n) is 5.56. The first-order valence-corrected chi connectivity index (χ1v) is 9.86. The van der Waals surface area contributed by atoms with Gasteiger partial charge in [-0.2, -0.15) is 0 Å². The van der Waals surface area contributed by atoms with E-state index in [0.717, 1.165) is 43.6 Å². The molecule has 0 radical (unpaired) electrons. The van der Waals surface area contributed by atoms with Crippen LogP contribution in [0.15, 0.2) is 54.6 Å². The van der Waals surface area contributed by atoms with Crippen molar-refractivity contribution >= 4 is 11.6 Å². The molecule has 0 spiro atoms. The normalized spacial score (nSPS) is 17.6. The van der Waals surface area contributed by atoms with E-state index in [0.29, 0.717) is 6.54 Å². The number of fused-ring (bicyclic) bond motifs is 1. The van der Waals surface area contributed by atoms with Gasteiger partial charge in [0.25, 0.3) is 0 Å². The summed E-state index contributed by atoms with van der Waals surface area (Å²) in [6.07, 6.45) is 6.13. The maximum absolute atomic E-state index is 12.8. The molecule has 2 aliphatic rings. The number of benzene rings is 2. The van der Waals surface area contributed by atoms with Crippen molar-refractivity contribution in [1.82, 2.24) is 4.90 Å². The number of carbonyl (C=O) groups excluding carboxylic acids is 1. The van der Waals surface area contributed by atoms with Crippen LogP contribution in [0.25, 0.3) is 11.1 Å². The van der Waals surface area contributed by atoms with Gasteiger partial charge in [0.05, 0.1) is 19.6 Å². The third-order valence-corrected chi connectivity index (χ3v) is 5.56. The van der Waals surface area contributed by atoms with Crippen molar-refractivity contribution in [1.29, 1.82) is 0 Å². The summed E-state index contributed by atoms with van der Waals surface area (Å²) in [7, 11) is 0. The van der Waals surface area contributed by atoms with Crippen molar-refractivity contribution in [2.24, 2.45) is 0 Å². The summed E-state index contributed by atoms with van der Waals surface area (Å²) in [6, 6.07) is 18.4. The SMILES string of the molecule is O=C(C[N+]1=C2CCCCCN2CCC1)c1ccc(-c2ccccc2)cc1. The fourth-order valence-electron chi connectivity index (χ4n) is 4.14. The van der Waals surface area contributed by atoms with Gasteiger partial charge in [0.1, 0.15) is 6.54 Å². The number of nitrogens with zero attached hydrogens (tertiary/aromatic N) is 2. The summed E-state index contributed by atoms with van der Waals surface area (Å²) in [6.45, 7) is 3.84. The zero-order valence-electron chi connectivity index (χ0n) is 15.4. The molecule has 0 saturated carbocycles. The van der Waals surface area contributed by atoms with Crippen LogP contribution in [-0.4, -0.2) is 47.3 Å². The lowest BCUT2D eigenvalue weighted by atomic mass is 10.0. The maximum atomic E-state index is 12.8. The number of amidine groups is 1. The van der Waals surface area contributed by atoms with E-state index in [-0.39, 0.29) is 5.78 Å². The fraction of sp³-hybridized carbons (Fsp3) is 0.391. The molecule has 1 fully saturated rings. The van der Waals surface area contributed by atoms with Gasteiger partial charge in [-0.05, 0) is 30.4 Å². The molecule has 2 aromatic carbocycles. The van der Waals surface area contributed by atoms with Crippen molar-refractivity contribution in [2.75, 3.05) is 26.2 Å². The molecular weight excluding hydrogens is 320 g/mol. The first-order chi connectivity index (χ1) is 12.8. The number of rotatable bonds is 4. The minimum atomic E-state index is 0.225. The molecule has 2 heterocycles. The van der Waals surface area contributed by atoms with Gasteiger partial charge in [0.2, 0.25) is 11.6 Å². The molecular formula is C23H27N2O+. The number of hydrogen-bond acceptors (Lipinski definition) is 2. The highest BCUT2D eigenvalue weighted by atomic mass is 16.1. The molecule has 1 saturated heterocycles. The van der Waals surface area contributed by atoms with Crippen molar-refractivity contribution < 1.29 is 9.37 Å². The van der Waals surface area contributed by atoms with Gasteiger partial charge >= 0.3 is 0 Å². The summed E-state index contributed by atoms with van der Waals surface area (Å²) in [5.41, 5.74) is 3.16. The van der Waals surface area contributed by atoms with Crippen LogP contribution >= 0.6 is 0 Å². The van der Waals surface area contributed by atoms with Crippen LogP contribution in [0.2, 0.25) is 0 Å². The fourth-order valence-corrected chi connectivity index (χ4v) is 4.14. The molecule has 2 aliphatic heterocycles. The monoisotopic (exact) mass is 347 g/mol. The number of hydrogen-bond donors (Lipinski definition) is 0. The van der Waals surface area contributed by atoms with Gasteiger partial charge in [0.15, 0.2) is 0 Å². The Hall–Kier alpha value is -2.42. The topological polar surface area (TPSA) is 23.3 Å².